The van der Waals surface area contributed by atoms with Gasteiger partial charge in [-0.05, 0) is 25.7 Å². The summed E-state index contributed by atoms with van der Waals surface area (Å²) in [4.78, 5) is 0. The SMILES string of the molecule is CCCCCCCCCC[N+]1(CCCCl)CCCCC1N. The Labute approximate surface area is 138 Å². The molecule has 1 aliphatic heterocycles. The normalized spacial score (nSPS) is 26.1. The molecule has 3 heteroatoms. The van der Waals surface area contributed by atoms with Crippen molar-refractivity contribution in [2.45, 2.75) is 90.1 Å². The van der Waals surface area contributed by atoms with Gasteiger partial charge in [0.25, 0.3) is 0 Å². The van der Waals surface area contributed by atoms with E-state index in [0.717, 1.165) is 16.8 Å². The van der Waals surface area contributed by atoms with Crippen molar-refractivity contribution >= 4 is 11.6 Å². The molecule has 1 rings (SSSR count). The smallest absolute Gasteiger partial charge is 0.140 e. The molecule has 0 amide bonds. The highest BCUT2D eigenvalue weighted by Crippen LogP contribution is 2.25. The molecule has 1 saturated heterocycles. The van der Waals surface area contributed by atoms with Gasteiger partial charge in [0.1, 0.15) is 6.17 Å². The highest BCUT2D eigenvalue weighted by atomic mass is 35.5. The maximum absolute atomic E-state index is 6.48. The molecule has 1 heterocycles. The summed E-state index contributed by atoms with van der Waals surface area (Å²) in [6.07, 6.45) is 16.6. The molecule has 126 valence electrons. The molecule has 1 fully saturated rings. The molecule has 2 N–H and O–H groups in total. The van der Waals surface area contributed by atoms with Gasteiger partial charge in [0.15, 0.2) is 0 Å². The Morgan fingerprint density at radius 2 is 1.52 bits per heavy atom. The van der Waals surface area contributed by atoms with Crippen LogP contribution in [-0.2, 0) is 0 Å². The van der Waals surface area contributed by atoms with Crippen LogP contribution in [0.1, 0.15) is 84.0 Å². The number of hydrogen-bond acceptors (Lipinski definition) is 1. The van der Waals surface area contributed by atoms with Crippen molar-refractivity contribution in [1.29, 1.82) is 0 Å². The van der Waals surface area contributed by atoms with Gasteiger partial charge >= 0.3 is 0 Å². The Balaban J connectivity index is 2.20. The molecule has 2 unspecified atom stereocenters. The molecule has 1 aliphatic rings. The van der Waals surface area contributed by atoms with Crippen LogP contribution in [0.3, 0.4) is 0 Å². The van der Waals surface area contributed by atoms with E-state index < -0.39 is 0 Å². The molecule has 0 aromatic heterocycles. The van der Waals surface area contributed by atoms with Gasteiger partial charge in [0.2, 0.25) is 0 Å². The van der Waals surface area contributed by atoms with E-state index in [4.69, 9.17) is 17.3 Å². The highest BCUT2D eigenvalue weighted by molar-refractivity contribution is 6.17. The Hall–Kier alpha value is 0.210. The van der Waals surface area contributed by atoms with Crippen LogP contribution in [0, 0.1) is 0 Å². The summed E-state index contributed by atoms with van der Waals surface area (Å²) in [5.41, 5.74) is 6.48. The zero-order chi connectivity index (χ0) is 15.4. The highest BCUT2D eigenvalue weighted by Gasteiger charge is 2.35. The average molecular weight is 318 g/mol. The number of halogens is 1. The molecular weight excluding hydrogens is 280 g/mol. The van der Waals surface area contributed by atoms with Crippen LogP contribution in [-0.4, -0.2) is 36.2 Å². The molecule has 0 bridgehead atoms. The van der Waals surface area contributed by atoms with Crippen LogP contribution < -0.4 is 5.73 Å². The summed E-state index contributed by atoms with van der Waals surface area (Å²) in [5.74, 6) is 0.782. The summed E-state index contributed by atoms with van der Waals surface area (Å²) < 4.78 is 1.16. The number of nitrogens with two attached hydrogens (primary N) is 1. The minimum absolute atomic E-state index is 0.367. The number of hydrogen-bond donors (Lipinski definition) is 1. The Morgan fingerprint density at radius 3 is 2.14 bits per heavy atom. The lowest BCUT2D eigenvalue weighted by atomic mass is 10.0. The van der Waals surface area contributed by atoms with Gasteiger partial charge < -0.3 is 4.48 Å². The van der Waals surface area contributed by atoms with Crippen molar-refractivity contribution in [3.63, 3.8) is 0 Å². The van der Waals surface area contributed by atoms with Crippen molar-refractivity contribution < 1.29 is 4.48 Å². The molecule has 0 saturated carbocycles. The van der Waals surface area contributed by atoms with Crippen molar-refractivity contribution in [2.24, 2.45) is 5.73 Å². The van der Waals surface area contributed by atoms with Gasteiger partial charge in [0.05, 0.1) is 19.6 Å². The van der Waals surface area contributed by atoms with Crippen molar-refractivity contribution in [2.75, 3.05) is 25.5 Å². The monoisotopic (exact) mass is 317 g/mol. The van der Waals surface area contributed by atoms with Crippen LogP contribution in [0.4, 0.5) is 0 Å². The predicted octanol–water partition coefficient (Wildman–Crippen LogP) is 5.04. The second-order valence-electron chi connectivity index (χ2n) is 6.97. The largest absolute Gasteiger partial charge is 0.309 e. The Morgan fingerprint density at radius 1 is 0.905 bits per heavy atom. The number of alkyl halides is 1. The lowest BCUT2D eigenvalue weighted by Gasteiger charge is -2.46. The second kappa shape index (κ2) is 11.7. The fourth-order valence-electron chi connectivity index (χ4n) is 3.82. The van der Waals surface area contributed by atoms with E-state index in [9.17, 15) is 0 Å². The van der Waals surface area contributed by atoms with Gasteiger partial charge in [-0.2, -0.15) is 0 Å². The van der Waals surface area contributed by atoms with Crippen molar-refractivity contribution in [3.05, 3.63) is 0 Å². The maximum Gasteiger partial charge on any atom is 0.140 e. The van der Waals surface area contributed by atoms with Crippen LogP contribution in [0.2, 0.25) is 0 Å². The standard InChI is InChI=1S/C18H38ClN2/c1-2-3-4-5-6-7-8-10-15-21(17-12-14-19)16-11-9-13-18(21)20/h18H,2-17,20H2,1H3/q+1. The topological polar surface area (TPSA) is 26.0 Å². The lowest BCUT2D eigenvalue weighted by Crippen LogP contribution is -2.62. The summed E-state index contributed by atoms with van der Waals surface area (Å²) in [5, 5.41) is 0. The number of nitrogens with zero attached hydrogens (tertiary/aromatic N) is 1. The van der Waals surface area contributed by atoms with E-state index in [1.54, 1.807) is 0 Å². The second-order valence-corrected chi connectivity index (χ2v) is 7.35. The molecule has 0 spiro atoms. The lowest BCUT2D eigenvalue weighted by molar-refractivity contribution is -0.956. The number of piperidine rings is 1. The molecular formula is C18H38ClN2+. The van der Waals surface area contributed by atoms with Gasteiger partial charge in [-0.25, -0.2) is 0 Å². The van der Waals surface area contributed by atoms with Crippen LogP contribution in [0.5, 0.6) is 0 Å². The molecule has 0 aliphatic carbocycles. The van der Waals surface area contributed by atoms with E-state index >= 15 is 0 Å². The van der Waals surface area contributed by atoms with Crippen molar-refractivity contribution in [3.8, 4) is 0 Å². The number of quaternary nitrogens is 1. The Kier molecular flexibility index (Phi) is 10.8. The Bertz CT molecular complexity index is 247. The van der Waals surface area contributed by atoms with E-state index in [0.29, 0.717) is 6.17 Å². The maximum atomic E-state index is 6.48. The van der Waals surface area contributed by atoms with E-state index in [-0.39, 0.29) is 0 Å². The van der Waals surface area contributed by atoms with Gasteiger partial charge in [-0.1, -0.05) is 45.4 Å². The van der Waals surface area contributed by atoms with E-state index in [2.05, 4.69) is 6.92 Å². The first-order valence-electron chi connectivity index (χ1n) is 9.42. The minimum atomic E-state index is 0.367. The van der Waals surface area contributed by atoms with Gasteiger partial charge in [0, 0.05) is 18.7 Å². The third-order valence-corrected chi connectivity index (χ3v) is 5.52. The molecule has 0 radical (unpaired) electrons. The zero-order valence-corrected chi connectivity index (χ0v) is 15.0. The summed E-state index contributed by atoms with van der Waals surface area (Å²) in [6.45, 7) is 6.05. The van der Waals surface area contributed by atoms with Gasteiger partial charge in [-0.15, -0.1) is 11.6 Å². The molecule has 2 atom stereocenters. The summed E-state index contributed by atoms with van der Waals surface area (Å²) in [6, 6.07) is 0. The van der Waals surface area contributed by atoms with Crippen LogP contribution >= 0.6 is 11.6 Å². The fourth-order valence-corrected chi connectivity index (χ4v) is 3.94. The first kappa shape index (κ1) is 19.3. The predicted molar refractivity (Wildman–Crippen MR) is 94.6 cm³/mol. The van der Waals surface area contributed by atoms with Gasteiger partial charge in [-0.3, -0.25) is 5.73 Å². The molecule has 0 aromatic carbocycles. The van der Waals surface area contributed by atoms with Crippen molar-refractivity contribution in [1.82, 2.24) is 0 Å². The minimum Gasteiger partial charge on any atom is -0.309 e. The third kappa shape index (κ3) is 7.34. The van der Waals surface area contributed by atoms with E-state index in [1.807, 2.05) is 0 Å². The number of unbranched alkanes of at least 4 members (excludes halogenated alkanes) is 7. The molecule has 21 heavy (non-hydrogen) atoms. The first-order chi connectivity index (χ1) is 10.2. The summed E-state index contributed by atoms with van der Waals surface area (Å²) >= 11 is 5.92. The fraction of sp³-hybridized carbons (Fsp3) is 1.00. The summed E-state index contributed by atoms with van der Waals surface area (Å²) in [7, 11) is 0. The average Bonchev–Trinajstić information content (AvgIpc) is 2.50. The van der Waals surface area contributed by atoms with E-state index in [1.165, 1.54) is 90.3 Å². The number of likely N-dealkylation sites (tertiary alicyclic amines) is 1. The molecule has 2 nitrogen and oxygen atoms in total. The van der Waals surface area contributed by atoms with Crippen LogP contribution in [0.25, 0.3) is 0 Å². The zero-order valence-electron chi connectivity index (χ0n) is 14.3. The first-order valence-corrected chi connectivity index (χ1v) is 9.96. The number of rotatable bonds is 12. The van der Waals surface area contributed by atoms with Crippen LogP contribution in [0.15, 0.2) is 0 Å². The third-order valence-electron chi connectivity index (χ3n) is 5.25. The molecule has 0 aromatic rings. The quantitative estimate of drug-likeness (QED) is 0.304.